The Morgan fingerprint density at radius 1 is 1.17 bits per heavy atom. The van der Waals surface area contributed by atoms with E-state index < -0.39 is 74.7 Å². The second-order valence-corrected chi connectivity index (χ2v) is 10.8. The predicted molar refractivity (Wildman–Crippen MR) is 127 cm³/mol. The van der Waals surface area contributed by atoms with E-state index in [1.807, 2.05) is 0 Å². The summed E-state index contributed by atoms with van der Waals surface area (Å²) in [6, 6.07) is 1.51. The van der Waals surface area contributed by atoms with E-state index in [1.165, 1.54) is 13.0 Å². The molecule has 3 aliphatic rings. The number of phenols is 1. The van der Waals surface area contributed by atoms with Gasteiger partial charge in [-0.1, -0.05) is 20.8 Å². The number of carbonyl (C=O) groups excluding carboxylic acids is 4. The number of ketones is 3. The Labute approximate surface area is 205 Å². The molecular formula is C25H27N3O8. The van der Waals surface area contributed by atoms with Crippen molar-refractivity contribution in [2.75, 3.05) is 0 Å². The lowest BCUT2D eigenvalue weighted by molar-refractivity contribution is -0.127. The second-order valence-electron chi connectivity index (χ2n) is 10.8. The van der Waals surface area contributed by atoms with Gasteiger partial charge in [-0.15, -0.1) is 4.91 Å². The van der Waals surface area contributed by atoms with Gasteiger partial charge in [-0.2, -0.15) is 0 Å². The third-order valence-electron chi connectivity index (χ3n) is 7.53. The molecule has 0 saturated carbocycles. The Bertz CT molecular complexity index is 1370. The van der Waals surface area contributed by atoms with E-state index in [0.717, 1.165) is 0 Å². The zero-order valence-corrected chi connectivity index (χ0v) is 20.3. The molecule has 0 heterocycles. The molecule has 3 atom stereocenters. The molecular weight excluding hydrogens is 470 g/mol. The van der Waals surface area contributed by atoms with Gasteiger partial charge in [0.2, 0.25) is 11.3 Å². The molecule has 0 fully saturated rings. The van der Waals surface area contributed by atoms with Gasteiger partial charge in [0.1, 0.15) is 22.8 Å². The molecule has 0 saturated heterocycles. The minimum atomic E-state index is -2.61. The van der Waals surface area contributed by atoms with E-state index in [-0.39, 0.29) is 35.3 Å². The predicted octanol–water partition coefficient (Wildman–Crippen LogP) is 1.94. The first-order valence-corrected chi connectivity index (χ1v) is 11.3. The van der Waals surface area contributed by atoms with E-state index in [9.17, 15) is 39.4 Å². The van der Waals surface area contributed by atoms with Crippen molar-refractivity contribution < 1.29 is 34.5 Å². The number of phenolic OH excluding ortho intramolecular Hbond substituents is 1. The van der Waals surface area contributed by atoms with E-state index in [4.69, 9.17) is 11.5 Å². The van der Waals surface area contributed by atoms with Crippen LogP contribution < -0.4 is 11.5 Å². The number of primary amides is 1. The Hall–Kier alpha value is -3.86. The third kappa shape index (κ3) is 3.08. The molecule has 4 rings (SSSR count). The lowest BCUT2D eigenvalue weighted by Gasteiger charge is -2.49. The van der Waals surface area contributed by atoms with Gasteiger partial charge in [0.25, 0.3) is 5.91 Å². The van der Waals surface area contributed by atoms with Gasteiger partial charge >= 0.3 is 0 Å². The highest BCUT2D eigenvalue weighted by Gasteiger charge is 2.65. The first kappa shape index (κ1) is 25.2. The van der Waals surface area contributed by atoms with Crippen LogP contribution in [0.2, 0.25) is 0 Å². The van der Waals surface area contributed by atoms with E-state index in [0.29, 0.717) is 5.56 Å². The number of carbonyl (C=O) groups is 4. The fourth-order valence-electron chi connectivity index (χ4n) is 5.85. The minimum Gasteiger partial charge on any atom is -0.511 e. The number of aliphatic hydroxyl groups excluding tert-OH is 2. The molecule has 7 N–H and O–H groups in total. The van der Waals surface area contributed by atoms with Gasteiger partial charge in [-0.3, -0.25) is 19.2 Å². The molecule has 11 heteroatoms. The summed E-state index contributed by atoms with van der Waals surface area (Å²) in [5, 5.41) is 35.7. The van der Waals surface area contributed by atoms with Gasteiger partial charge in [0.15, 0.2) is 11.6 Å². The van der Waals surface area contributed by atoms with Gasteiger partial charge in [-0.25, -0.2) is 0 Å². The molecule has 11 nitrogen and oxygen atoms in total. The number of nitrogens with zero attached hydrogens (tertiary/aromatic N) is 1. The molecule has 1 aromatic carbocycles. The Kier molecular flexibility index (Phi) is 5.31. The number of benzene rings is 1. The van der Waals surface area contributed by atoms with Gasteiger partial charge in [0.05, 0.1) is 16.7 Å². The van der Waals surface area contributed by atoms with E-state index in [2.05, 4.69) is 5.18 Å². The first-order valence-electron chi connectivity index (χ1n) is 11.3. The maximum atomic E-state index is 13.9. The number of hydrogen-bond acceptors (Lipinski definition) is 10. The molecule has 0 unspecified atom stereocenters. The largest absolute Gasteiger partial charge is 0.511 e. The van der Waals surface area contributed by atoms with Crippen LogP contribution in [0.15, 0.2) is 33.9 Å². The summed E-state index contributed by atoms with van der Waals surface area (Å²) < 4.78 is 0. The smallest absolute Gasteiger partial charge is 0.255 e. The summed E-state index contributed by atoms with van der Waals surface area (Å²) in [5.74, 6) is -7.31. The SMILES string of the molecule is CC(=O)c1cc(C(C)(C)C)c(O)c2c1C[C@@]1(N)C[C@H]3CC(O)=C(C(N)=O)C(=O)[C@@]3(N=O)C(O)=C1C2=O. The second kappa shape index (κ2) is 7.57. The van der Waals surface area contributed by atoms with Crippen molar-refractivity contribution in [3.8, 4) is 5.75 Å². The lowest BCUT2D eigenvalue weighted by Crippen LogP contribution is -2.63. The molecule has 3 aliphatic carbocycles. The number of rotatable bonds is 3. The number of nitrogens with two attached hydrogens (primary N) is 2. The van der Waals surface area contributed by atoms with Crippen LogP contribution in [0, 0.1) is 10.8 Å². The zero-order chi connectivity index (χ0) is 27.1. The Morgan fingerprint density at radius 3 is 2.28 bits per heavy atom. The summed E-state index contributed by atoms with van der Waals surface area (Å²) in [6.07, 6.45) is -0.891. The monoisotopic (exact) mass is 497 g/mol. The van der Waals surface area contributed by atoms with Crippen molar-refractivity contribution in [1.82, 2.24) is 0 Å². The van der Waals surface area contributed by atoms with Crippen LogP contribution in [-0.4, -0.2) is 49.7 Å². The van der Waals surface area contributed by atoms with Crippen LogP contribution in [-0.2, 0) is 21.4 Å². The maximum absolute atomic E-state index is 13.9. The van der Waals surface area contributed by atoms with Crippen molar-refractivity contribution >= 4 is 23.3 Å². The topological polar surface area (TPSA) is 210 Å². The van der Waals surface area contributed by atoms with Crippen LogP contribution in [0.1, 0.15) is 72.4 Å². The number of aromatic hydroxyl groups is 1. The number of hydrogen-bond donors (Lipinski definition) is 5. The average molecular weight is 498 g/mol. The van der Waals surface area contributed by atoms with Crippen LogP contribution in [0.5, 0.6) is 5.75 Å². The highest BCUT2D eigenvalue weighted by atomic mass is 16.3. The fraction of sp³-hybridized carbons (Fsp3) is 0.440. The number of aliphatic hydroxyl groups is 2. The zero-order valence-electron chi connectivity index (χ0n) is 20.3. The maximum Gasteiger partial charge on any atom is 0.255 e. The highest BCUT2D eigenvalue weighted by molar-refractivity contribution is 6.25. The molecule has 0 radical (unpaired) electrons. The summed E-state index contributed by atoms with van der Waals surface area (Å²) in [5.41, 5.74) is 5.90. The van der Waals surface area contributed by atoms with Crippen LogP contribution in [0.3, 0.4) is 0 Å². The molecule has 0 aliphatic heterocycles. The third-order valence-corrected chi connectivity index (χ3v) is 7.53. The standard InChI is InChI=1S/C25H27N3O8/c1-9(29)11-6-13(23(2,3)4)18(31)15-12(11)8-24(27)7-10-5-14(30)16(22(26)35)20(33)25(10,28-36)21(34)17(24)19(15)32/h6,10,30-31,34H,5,7-8,27H2,1-4H3,(H2,26,35)/t10-,24+,25-/m1/s1. The first-order chi connectivity index (χ1) is 16.5. The quantitative estimate of drug-likeness (QED) is 0.234. The van der Waals surface area contributed by atoms with Crippen molar-refractivity contribution in [2.24, 2.45) is 22.6 Å². The Balaban J connectivity index is 2.07. The van der Waals surface area contributed by atoms with Crippen LogP contribution >= 0.6 is 0 Å². The van der Waals surface area contributed by atoms with Crippen LogP contribution in [0.25, 0.3) is 0 Å². The minimum absolute atomic E-state index is 0.174. The van der Waals surface area contributed by atoms with Crippen molar-refractivity contribution in [3.05, 3.63) is 55.9 Å². The van der Waals surface area contributed by atoms with Crippen molar-refractivity contribution in [2.45, 2.75) is 63.5 Å². The number of nitroso groups, excluding NO2 is 1. The highest BCUT2D eigenvalue weighted by Crippen LogP contribution is 2.54. The lowest BCUT2D eigenvalue weighted by atomic mass is 9.56. The molecule has 0 bridgehead atoms. The summed E-state index contributed by atoms with van der Waals surface area (Å²) >= 11 is 0. The van der Waals surface area contributed by atoms with Gasteiger partial charge in [0, 0.05) is 23.5 Å². The number of Topliss-reactive ketones (excluding diaryl/α,β-unsaturated/α-hetero) is 3. The van der Waals surface area contributed by atoms with E-state index >= 15 is 0 Å². The molecule has 0 spiro atoms. The number of allylic oxidation sites excluding steroid dienone is 1. The summed E-state index contributed by atoms with van der Waals surface area (Å²) in [7, 11) is 0. The van der Waals surface area contributed by atoms with Crippen LogP contribution in [0.4, 0.5) is 0 Å². The van der Waals surface area contributed by atoms with Crippen molar-refractivity contribution in [3.63, 3.8) is 0 Å². The molecule has 1 amide bonds. The number of fused-ring (bicyclic) bond motifs is 3. The van der Waals surface area contributed by atoms with Gasteiger partial charge < -0.3 is 26.8 Å². The molecule has 0 aromatic heterocycles. The molecule has 190 valence electrons. The Morgan fingerprint density at radius 2 is 1.78 bits per heavy atom. The average Bonchev–Trinajstić information content (AvgIpc) is 2.71. The number of amides is 1. The van der Waals surface area contributed by atoms with Gasteiger partial charge in [-0.05, 0) is 42.0 Å². The molecule has 1 aromatic rings. The fourth-order valence-corrected chi connectivity index (χ4v) is 5.85. The van der Waals surface area contributed by atoms with E-state index in [1.54, 1.807) is 20.8 Å². The summed E-state index contributed by atoms with van der Waals surface area (Å²) in [4.78, 5) is 63.7. The normalized spacial score (nSPS) is 27.9. The summed E-state index contributed by atoms with van der Waals surface area (Å²) in [6.45, 7) is 6.64. The van der Waals surface area contributed by atoms with Crippen molar-refractivity contribution in [1.29, 1.82) is 0 Å². The molecule has 36 heavy (non-hydrogen) atoms.